The van der Waals surface area contributed by atoms with Crippen LogP contribution in [0.4, 0.5) is 4.79 Å². The lowest BCUT2D eigenvalue weighted by atomic mass is 9.96. The zero-order chi connectivity index (χ0) is 46.5. The van der Waals surface area contributed by atoms with E-state index in [1.807, 2.05) is 36.4 Å². The number of hydrogen-bond donors (Lipinski definition) is 1. The first kappa shape index (κ1) is 46.1. The first-order valence-electron chi connectivity index (χ1n) is 20.4. The van der Waals surface area contributed by atoms with E-state index in [-0.39, 0.29) is 36.6 Å². The van der Waals surface area contributed by atoms with Crippen molar-refractivity contribution in [1.29, 1.82) is 0 Å². The minimum absolute atomic E-state index is 0.126. The summed E-state index contributed by atoms with van der Waals surface area (Å²) in [6.07, 6.45) is 1.92. The molecule has 16 nitrogen and oxygen atoms in total. The van der Waals surface area contributed by atoms with Crippen LogP contribution in [-0.4, -0.2) is 102 Å². The van der Waals surface area contributed by atoms with E-state index < -0.39 is 53.6 Å². The second-order valence-corrected chi connectivity index (χ2v) is 20.1. The van der Waals surface area contributed by atoms with Gasteiger partial charge in [0.25, 0.3) is 0 Å². The van der Waals surface area contributed by atoms with Crippen molar-refractivity contribution in [3.63, 3.8) is 0 Å². The van der Waals surface area contributed by atoms with Crippen LogP contribution in [0, 0.1) is 0 Å². The van der Waals surface area contributed by atoms with Gasteiger partial charge in [0.15, 0.2) is 9.84 Å². The summed E-state index contributed by atoms with van der Waals surface area (Å²) < 4.78 is 79.3. The molecule has 0 fully saturated rings. The Labute approximate surface area is 378 Å². The number of amides is 1. The first-order chi connectivity index (χ1) is 31.0. The minimum atomic E-state index is -4.94. The third kappa shape index (κ3) is 10.2. The minimum Gasteiger partial charge on any atom is -0.497 e. The lowest BCUT2D eigenvalue weighted by Crippen LogP contribution is -2.47. The van der Waals surface area contributed by atoms with Crippen molar-refractivity contribution in [1.82, 2.24) is 34.4 Å². The van der Waals surface area contributed by atoms with Gasteiger partial charge in [-0.3, -0.25) is 4.98 Å². The highest BCUT2D eigenvalue weighted by Crippen LogP contribution is 2.43. The molecular formula is C47H49N7O9S2. The van der Waals surface area contributed by atoms with Crippen molar-refractivity contribution in [3.8, 4) is 39.8 Å². The van der Waals surface area contributed by atoms with E-state index in [1.165, 1.54) is 35.5 Å². The number of carbonyl (C=O) groups is 1. The predicted octanol–water partition coefficient (Wildman–Crippen LogP) is 7.57. The predicted molar refractivity (Wildman–Crippen MR) is 245 cm³/mol. The van der Waals surface area contributed by atoms with Gasteiger partial charge in [-0.15, -0.1) is 10.2 Å². The van der Waals surface area contributed by atoms with Crippen molar-refractivity contribution >= 4 is 36.7 Å². The Morgan fingerprint density at radius 2 is 1.26 bits per heavy atom. The van der Waals surface area contributed by atoms with E-state index >= 15 is 8.42 Å². The maximum atomic E-state index is 16.1. The Kier molecular flexibility index (Phi) is 13.5. The number of tetrazole rings is 1. The fourth-order valence-corrected chi connectivity index (χ4v) is 11.1. The van der Waals surface area contributed by atoms with Crippen molar-refractivity contribution in [2.24, 2.45) is 0 Å². The quantitative estimate of drug-likeness (QED) is 0.0940. The molecule has 0 aliphatic heterocycles. The molecule has 0 unspecified atom stereocenters. The third-order valence-electron chi connectivity index (χ3n) is 10.8. The molecule has 65 heavy (non-hydrogen) atoms. The lowest BCUT2D eigenvalue weighted by Gasteiger charge is -2.33. The lowest BCUT2D eigenvalue weighted by molar-refractivity contribution is 0.105. The molecule has 7 rings (SSSR count). The fraction of sp³-hybridized carbons (Fsp3) is 0.255. The number of pyridine rings is 1. The Morgan fingerprint density at radius 3 is 1.80 bits per heavy atom. The van der Waals surface area contributed by atoms with Gasteiger partial charge in [0.2, 0.25) is 15.8 Å². The van der Waals surface area contributed by atoms with Crippen molar-refractivity contribution in [2.45, 2.75) is 55.7 Å². The van der Waals surface area contributed by atoms with Gasteiger partial charge in [-0.2, -0.15) is 9.10 Å². The number of sulfonamides is 1. The molecule has 0 spiro atoms. The number of carboxylic acid groups (broad SMARTS) is 1. The molecule has 0 saturated carbocycles. The average molecular weight is 920 g/mol. The summed E-state index contributed by atoms with van der Waals surface area (Å²) in [6, 6.07) is 31.1. The van der Waals surface area contributed by atoms with Gasteiger partial charge in [-0.25, -0.2) is 21.6 Å². The molecule has 18 heteroatoms. The SMILES string of the molecule is COc1ccc(CN(Cc2ccc(OC)cc2)S(=O)(=O)c2c(S(=O)(=O)CCN(C(=O)O)C(C)(C)C)ccc(-c3cncc4ccccc34)c2-c2nnn(Cc3ccc(OC)cc3)n2)cc1. The number of sulfone groups is 1. The zero-order valence-electron chi connectivity index (χ0n) is 36.7. The van der Waals surface area contributed by atoms with Crippen LogP contribution in [0.5, 0.6) is 17.2 Å². The van der Waals surface area contributed by atoms with Crippen LogP contribution in [0.15, 0.2) is 131 Å². The zero-order valence-corrected chi connectivity index (χ0v) is 38.4. The maximum Gasteiger partial charge on any atom is 0.407 e. The van der Waals surface area contributed by atoms with Crippen molar-refractivity contribution in [3.05, 3.63) is 138 Å². The third-order valence-corrected chi connectivity index (χ3v) is 14.6. The maximum absolute atomic E-state index is 16.1. The van der Waals surface area contributed by atoms with E-state index in [0.717, 1.165) is 15.8 Å². The number of hydrogen-bond acceptors (Lipinski definition) is 12. The number of rotatable bonds is 17. The van der Waals surface area contributed by atoms with E-state index in [9.17, 15) is 18.3 Å². The second-order valence-electron chi connectivity index (χ2n) is 16.1. The van der Waals surface area contributed by atoms with Crippen LogP contribution in [-0.2, 0) is 39.5 Å². The van der Waals surface area contributed by atoms with E-state index in [2.05, 4.69) is 15.3 Å². The topological polar surface area (TPSA) is 196 Å². The van der Waals surface area contributed by atoms with Crippen LogP contribution in [0.3, 0.4) is 0 Å². The van der Waals surface area contributed by atoms with Crippen LogP contribution in [0.2, 0.25) is 0 Å². The van der Waals surface area contributed by atoms with Gasteiger partial charge in [0.05, 0.1) is 44.1 Å². The molecule has 2 aromatic heterocycles. The molecule has 0 aliphatic carbocycles. The monoisotopic (exact) mass is 919 g/mol. The number of benzene rings is 5. The molecule has 2 heterocycles. The Bertz CT molecular complexity index is 2970. The van der Waals surface area contributed by atoms with Gasteiger partial charge >= 0.3 is 6.09 Å². The van der Waals surface area contributed by atoms with Crippen molar-refractivity contribution < 1.29 is 40.9 Å². The fourth-order valence-electron chi connectivity index (χ4n) is 7.41. The molecule has 0 saturated heterocycles. The van der Waals surface area contributed by atoms with Gasteiger partial charge in [0, 0.05) is 48.5 Å². The average Bonchev–Trinajstić information content (AvgIpc) is 3.76. The molecule has 338 valence electrons. The normalized spacial score (nSPS) is 12.0. The smallest absolute Gasteiger partial charge is 0.407 e. The van der Waals surface area contributed by atoms with Crippen LogP contribution in [0.1, 0.15) is 37.5 Å². The van der Waals surface area contributed by atoms with Crippen LogP contribution >= 0.6 is 0 Å². The summed E-state index contributed by atoms with van der Waals surface area (Å²) in [6.45, 7) is 4.20. The number of fused-ring (bicyclic) bond motifs is 1. The first-order valence-corrected chi connectivity index (χ1v) is 23.5. The highest BCUT2D eigenvalue weighted by Gasteiger charge is 2.39. The molecule has 0 radical (unpaired) electrons. The summed E-state index contributed by atoms with van der Waals surface area (Å²) in [7, 11) is -4.96. The van der Waals surface area contributed by atoms with Gasteiger partial charge in [0.1, 0.15) is 22.1 Å². The largest absolute Gasteiger partial charge is 0.497 e. The highest BCUT2D eigenvalue weighted by molar-refractivity contribution is 7.93. The van der Waals surface area contributed by atoms with E-state index in [1.54, 1.807) is 101 Å². The molecule has 1 N–H and O–H groups in total. The summed E-state index contributed by atoms with van der Waals surface area (Å²) in [5.74, 6) is 0.833. The standard InChI is InChI=1S/C47H49N7O9S2/c1-47(2,3)53(46(55)56)25-26-64(57,58)42-24-23-40(41-28-48-27-35-9-7-8-10-39(35)41)43(45-49-51-54(50-45)31-34-15-21-38(63-6)22-16-34)44(42)65(59,60)52(29-32-11-17-36(61-4)18-12-32)30-33-13-19-37(62-5)20-14-33/h7-24,27-28H,25-26,29-31H2,1-6H3,(H,55,56). The second kappa shape index (κ2) is 19.1. The number of methoxy groups -OCH3 is 3. The Balaban J connectivity index is 1.51. The summed E-state index contributed by atoms with van der Waals surface area (Å²) in [5.41, 5.74) is 1.57. The van der Waals surface area contributed by atoms with E-state index in [4.69, 9.17) is 19.3 Å². The van der Waals surface area contributed by atoms with Crippen molar-refractivity contribution in [2.75, 3.05) is 33.6 Å². The summed E-state index contributed by atoms with van der Waals surface area (Å²) >= 11 is 0. The number of aromatic nitrogens is 5. The molecule has 7 aromatic rings. The molecular weight excluding hydrogens is 871 g/mol. The molecule has 0 atom stereocenters. The summed E-state index contributed by atoms with van der Waals surface area (Å²) in [5, 5.41) is 25.1. The van der Waals surface area contributed by atoms with Gasteiger partial charge in [-0.1, -0.05) is 66.7 Å². The molecule has 1 amide bonds. The molecule has 0 bridgehead atoms. The Hall–Kier alpha value is -6.89. The number of ether oxygens (including phenoxy) is 3. The van der Waals surface area contributed by atoms with Crippen LogP contribution < -0.4 is 14.2 Å². The van der Waals surface area contributed by atoms with E-state index in [0.29, 0.717) is 39.3 Å². The summed E-state index contributed by atoms with van der Waals surface area (Å²) in [4.78, 5) is 18.0. The number of nitrogens with zero attached hydrogens (tertiary/aromatic N) is 7. The van der Waals surface area contributed by atoms with Gasteiger partial charge in [-0.05, 0) is 96.1 Å². The van der Waals surface area contributed by atoms with Crippen LogP contribution in [0.25, 0.3) is 33.3 Å². The Morgan fingerprint density at radius 1 is 0.708 bits per heavy atom. The highest BCUT2D eigenvalue weighted by atomic mass is 32.2. The molecule has 0 aliphatic rings. The molecule has 5 aromatic carbocycles. The van der Waals surface area contributed by atoms with Gasteiger partial charge < -0.3 is 24.2 Å².